The molecular weight excluding hydrogens is 332 g/mol. The van der Waals surface area contributed by atoms with E-state index in [0.717, 1.165) is 0 Å². The summed E-state index contributed by atoms with van der Waals surface area (Å²) in [7, 11) is 0. The lowest BCUT2D eigenvalue weighted by Gasteiger charge is -2.25. The zero-order chi connectivity index (χ0) is 18.9. The first-order valence-electron chi connectivity index (χ1n) is 8.00. The minimum atomic E-state index is -0.435. The van der Waals surface area contributed by atoms with Crippen LogP contribution in [0.15, 0.2) is 36.8 Å². The Morgan fingerprint density at radius 1 is 1.46 bits per heavy atom. The number of anilines is 3. The maximum Gasteiger partial charge on any atom is 0.326 e. The van der Waals surface area contributed by atoms with Gasteiger partial charge in [-0.05, 0) is 25.1 Å². The number of nitrogens with zero attached hydrogens (tertiary/aromatic N) is 4. The number of carbonyl (C=O) groups is 1. The number of pyridine rings is 2. The minimum absolute atomic E-state index is 0.0430. The van der Waals surface area contributed by atoms with Gasteiger partial charge in [-0.15, -0.1) is 0 Å². The van der Waals surface area contributed by atoms with E-state index in [4.69, 9.17) is 16.4 Å². The Hall–Kier alpha value is -3.67. The van der Waals surface area contributed by atoms with E-state index in [0.29, 0.717) is 29.3 Å². The summed E-state index contributed by atoms with van der Waals surface area (Å²) in [6.45, 7) is 2.66. The number of aromatic nitrogens is 2. The molecule has 0 fully saturated rings. The van der Waals surface area contributed by atoms with Gasteiger partial charge < -0.3 is 16.4 Å². The van der Waals surface area contributed by atoms with E-state index >= 15 is 0 Å². The van der Waals surface area contributed by atoms with Crippen LogP contribution >= 0.6 is 0 Å². The molecule has 2 rings (SSSR count). The van der Waals surface area contributed by atoms with Crippen LogP contribution in [0.25, 0.3) is 0 Å². The smallest absolute Gasteiger partial charge is 0.326 e. The molecule has 2 heterocycles. The van der Waals surface area contributed by atoms with E-state index in [1.54, 1.807) is 24.4 Å². The Morgan fingerprint density at radius 2 is 2.27 bits per heavy atom. The van der Waals surface area contributed by atoms with E-state index in [-0.39, 0.29) is 18.8 Å². The number of amides is 2. The maximum absolute atomic E-state index is 12.8. The second-order valence-electron chi connectivity index (χ2n) is 5.33. The number of hydrogen-bond acceptors (Lipinski definition) is 6. The number of nitrogens with one attached hydrogen (secondary N) is 3. The summed E-state index contributed by atoms with van der Waals surface area (Å²) in [5, 5.41) is 22.4. The average Bonchev–Trinajstić information content (AvgIpc) is 2.63. The lowest BCUT2D eigenvalue weighted by molar-refractivity contribution is 0.257. The van der Waals surface area contributed by atoms with Gasteiger partial charge in [-0.3, -0.25) is 15.3 Å². The minimum Gasteiger partial charge on any atom is -0.388 e. The fraction of sp³-hybridized carbons (Fsp3) is 0.235. The zero-order valence-corrected chi connectivity index (χ0v) is 14.4. The molecule has 0 aromatic carbocycles. The highest BCUT2D eigenvalue weighted by Crippen LogP contribution is 2.26. The second kappa shape index (κ2) is 8.98. The molecule has 0 aliphatic carbocycles. The van der Waals surface area contributed by atoms with E-state index < -0.39 is 6.03 Å². The van der Waals surface area contributed by atoms with Crippen molar-refractivity contribution in [3.05, 3.63) is 42.4 Å². The van der Waals surface area contributed by atoms with Crippen LogP contribution in [0.5, 0.6) is 0 Å². The van der Waals surface area contributed by atoms with Crippen molar-refractivity contribution in [2.45, 2.75) is 13.3 Å². The van der Waals surface area contributed by atoms with Gasteiger partial charge in [0.2, 0.25) is 0 Å². The predicted molar refractivity (Wildman–Crippen MR) is 100 cm³/mol. The van der Waals surface area contributed by atoms with E-state index in [1.165, 1.54) is 17.3 Å². The Kier molecular flexibility index (Phi) is 6.45. The summed E-state index contributed by atoms with van der Waals surface area (Å²) in [4.78, 5) is 22.4. The van der Waals surface area contributed by atoms with Crippen molar-refractivity contribution >= 4 is 29.1 Å². The fourth-order valence-corrected chi connectivity index (χ4v) is 2.21. The molecule has 0 radical (unpaired) electrons. The summed E-state index contributed by atoms with van der Waals surface area (Å²) in [5.41, 5.74) is 6.74. The molecule has 9 nitrogen and oxygen atoms in total. The highest BCUT2D eigenvalue weighted by molar-refractivity contribution is 6.03. The topological polar surface area (TPSA) is 144 Å². The molecule has 0 spiro atoms. The van der Waals surface area contributed by atoms with Crippen LogP contribution in [0.2, 0.25) is 0 Å². The Labute approximate surface area is 151 Å². The van der Waals surface area contributed by atoms with E-state index in [2.05, 4.69) is 20.6 Å². The Balaban J connectivity index is 2.38. The second-order valence-corrected chi connectivity index (χ2v) is 5.33. The molecule has 2 aromatic heterocycles. The third-order valence-corrected chi connectivity index (χ3v) is 3.39. The highest BCUT2D eigenvalue weighted by Gasteiger charge is 2.21. The number of amidine groups is 1. The first-order valence-corrected chi connectivity index (χ1v) is 8.00. The molecule has 134 valence electrons. The number of carbonyl (C=O) groups excluding carboxylic acids is 1. The van der Waals surface area contributed by atoms with Crippen LogP contribution in [-0.2, 0) is 0 Å². The summed E-state index contributed by atoms with van der Waals surface area (Å²) in [6.07, 6.45) is 4.75. The molecule has 0 saturated heterocycles. The SMILES string of the molecule is CCNc1ncc(C#N)cc1N(CCC(=N)N)C(=O)Nc1cccnc1. The Bertz CT molecular complexity index is 815. The first kappa shape index (κ1) is 18.7. The van der Waals surface area contributed by atoms with Crippen LogP contribution in [-0.4, -0.2) is 34.9 Å². The van der Waals surface area contributed by atoms with E-state index in [1.807, 2.05) is 13.0 Å². The van der Waals surface area contributed by atoms with Crippen LogP contribution in [0, 0.1) is 16.7 Å². The van der Waals surface area contributed by atoms with Gasteiger partial charge in [-0.2, -0.15) is 5.26 Å². The lowest BCUT2D eigenvalue weighted by Crippen LogP contribution is -2.38. The van der Waals surface area contributed by atoms with Crippen molar-refractivity contribution in [2.75, 3.05) is 28.6 Å². The van der Waals surface area contributed by atoms with Gasteiger partial charge in [-0.25, -0.2) is 9.78 Å². The molecule has 5 N–H and O–H groups in total. The summed E-state index contributed by atoms with van der Waals surface area (Å²) < 4.78 is 0. The number of nitriles is 1. The molecule has 26 heavy (non-hydrogen) atoms. The van der Waals surface area contributed by atoms with Gasteiger partial charge in [0.05, 0.1) is 29.0 Å². The molecule has 2 amide bonds. The summed E-state index contributed by atoms with van der Waals surface area (Å²) in [6, 6.07) is 6.58. The molecule has 0 atom stereocenters. The first-order chi connectivity index (χ1) is 12.5. The van der Waals surface area contributed by atoms with Crippen LogP contribution in [0.1, 0.15) is 18.9 Å². The number of urea groups is 1. The fourth-order valence-electron chi connectivity index (χ4n) is 2.21. The number of rotatable bonds is 7. The van der Waals surface area contributed by atoms with Gasteiger partial charge in [0, 0.05) is 31.9 Å². The average molecular weight is 352 g/mol. The zero-order valence-electron chi connectivity index (χ0n) is 14.4. The molecule has 0 unspecified atom stereocenters. The largest absolute Gasteiger partial charge is 0.388 e. The maximum atomic E-state index is 12.8. The van der Waals surface area contributed by atoms with Gasteiger partial charge in [0.15, 0.2) is 0 Å². The Morgan fingerprint density at radius 3 is 2.88 bits per heavy atom. The van der Waals surface area contributed by atoms with Gasteiger partial charge >= 0.3 is 6.03 Å². The van der Waals surface area contributed by atoms with Crippen molar-refractivity contribution in [2.24, 2.45) is 5.73 Å². The standard InChI is InChI=1S/C17H20N8O/c1-2-22-16-14(8-12(9-18)10-23-16)25(7-5-15(19)20)17(26)24-13-4-3-6-21-11-13/h3-4,6,8,10-11H,2,5,7H2,1H3,(H3,19,20)(H,22,23)(H,24,26). The molecule has 0 bridgehead atoms. The van der Waals surface area contributed by atoms with Gasteiger partial charge in [0.1, 0.15) is 11.9 Å². The van der Waals surface area contributed by atoms with Crippen LogP contribution in [0.4, 0.5) is 22.0 Å². The van der Waals surface area contributed by atoms with Gasteiger partial charge in [-0.1, -0.05) is 0 Å². The number of hydrogen-bond donors (Lipinski definition) is 4. The molecule has 0 saturated carbocycles. The lowest BCUT2D eigenvalue weighted by atomic mass is 10.2. The quantitative estimate of drug-likeness (QED) is 0.444. The van der Waals surface area contributed by atoms with Crippen molar-refractivity contribution in [1.29, 1.82) is 10.7 Å². The number of nitrogens with two attached hydrogens (primary N) is 1. The third-order valence-electron chi connectivity index (χ3n) is 3.39. The summed E-state index contributed by atoms with van der Waals surface area (Å²) in [5.74, 6) is 0.426. The van der Waals surface area contributed by atoms with Crippen molar-refractivity contribution in [1.82, 2.24) is 9.97 Å². The predicted octanol–water partition coefficient (Wildman–Crippen LogP) is 2.14. The highest BCUT2D eigenvalue weighted by atomic mass is 16.2. The van der Waals surface area contributed by atoms with Crippen molar-refractivity contribution < 1.29 is 4.79 Å². The molecular formula is C17H20N8O. The normalized spacial score (nSPS) is 9.85. The molecule has 2 aromatic rings. The summed E-state index contributed by atoms with van der Waals surface area (Å²) >= 11 is 0. The molecule has 0 aliphatic heterocycles. The van der Waals surface area contributed by atoms with Gasteiger partial charge in [0.25, 0.3) is 0 Å². The van der Waals surface area contributed by atoms with Crippen molar-refractivity contribution in [3.63, 3.8) is 0 Å². The van der Waals surface area contributed by atoms with Crippen molar-refractivity contribution in [3.8, 4) is 6.07 Å². The third kappa shape index (κ3) is 4.91. The monoisotopic (exact) mass is 352 g/mol. The van der Waals surface area contributed by atoms with Crippen LogP contribution in [0.3, 0.4) is 0 Å². The van der Waals surface area contributed by atoms with Crippen LogP contribution < -0.4 is 21.3 Å². The molecule has 9 heteroatoms. The van der Waals surface area contributed by atoms with E-state index in [9.17, 15) is 4.79 Å². The molecule has 0 aliphatic rings.